The molecule has 0 spiro atoms. The fourth-order valence-corrected chi connectivity index (χ4v) is 3.36. The van der Waals surface area contributed by atoms with Crippen molar-refractivity contribution in [2.24, 2.45) is 11.3 Å². The molecule has 70 valence electrons. The highest BCUT2D eigenvalue weighted by Crippen LogP contribution is 2.47. The first-order valence-corrected chi connectivity index (χ1v) is 5.46. The summed E-state index contributed by atoms with van der Waals surface area (Å²) in [6.45, 7) is 6.12. The number of hydrogen-bond acceptors (Lipinski definition) is 1. The first kappa shape index (κ1) is 8.55. The van der Waals surface area contributed by atoms with Gasteiger partial charge in [0.2, 0.25) is 0 Å². The third-order valence-electron chi connectivity index (χ3n) is 4.17. The molecule has 2 unspecified atom stereocenters. The summed E-state index contributed by atoms with van der Waals surface area (Å²) in [5.74, 6) is 0.958. The van der Waals surface area contributed by atoms with Crippen LogP contribution in [-0.2, 0) is 0 Å². The Morgan fingerprint density at radius 1 is 1.25 bits per heavy atom. The van der Waals surface area contributed by atoms with E-state index in [9.17, 15) is 0 Å². The van der Waals surface area contributed by atoms with Gasteiger partial charge in [-0.3, -0.25) is 0 Å². The summed E-state index contributed by atoms with van der Waals surface area (Å²) in [6, 6.07) is 0.771. The van der Waals surface area contributed by atoms with Crippen LogP contribution in [0.3, 0.4) is 0 Å². The van der Waals surface area contributed by atoms with Gasteiger partial charge >= 0.3 is 0 Å². The van der Waals surface area contributed by atoms with Gasteiger partial charge in [-0.1, -0.05) is 19.8 Å². The van der Waals surface area contributed by atoms with Crippen molar-refractivity contribution >= 4 is 0 Å². The molecule has 1 aliphatic carbocycles. The number of hydrogen-bond donors (Lipinski definition) is 1. The van der Waals surface area contributed by atoms with E-state index >= 15 is 0 Å². The van der Waals surface area contributed by atoms with Crippen LogP contribution >= 0.6 is 0 Å². The van der Waals surface area contributed by atoms with Crippen molar-refractivity contribution in [3.8, 4) is 0 Å². The Morgan fingerprint density at radius 2 is 1.92 bits per heavy atom. The second-order valence-electron chi connectivity index (χ2n) is 5.00. The molecule has 1 saturated carbocycles. The zero-order valence-corrected chi connectivity index (χ0v) is 8.40. The molecule has 0 aromatic carbocycles. The lowest BCUT2D eigenvalue weighted by atomic mass is 9.72. The molecule has 2 rings (SSSR count). The van der Waals surface area contributed by atoms with Crippen molar-refractivity contribution in [3.63, 3.8) is 0 Å². The van der Waals surface area contributed by atoms with Gasteiger partial charge in [0.05, 0.1) is 0 Å². The summed E-state index contributed by atoms with van der Waals surface area (Å²) in [5.41, 5.74) is 0.683. The Morgan fingerprint density at radius 3 is 2.42 bits per heavy atom. The van der Waals surface area contributed by atoms with Crippen molar-refractivity contribution in [1.82, 2.24) is 5.32 Å². The Bertz CT molecular complexity index is 158. The highest BCUT2D eigenvalue weighted by Gasteiger charge is 2.41. The molecule has 0 aromatic rings. The average molecular weight is 167 g/mol. The van der Waals surface area contributed by atoms with Crippen LogP contribution < -0.4 is 5.32 Å². The van der Waals surface area contributed by atoms with Crippen LogP contribution in [0.25, 0.3) is 0 Å². The van der Waals surface area contributed by atoms with Crippen molar-refractivity contribution in [2.75, 3.05) is 6.54 Å². The third kappa shape index (κ3) is 1.28. The van der Waals surface area contributed by atoms with Crippen LogP contribution in [0.1, 0.15) is 46.0 Å². The number of rotatable bonds is 1. The Labute approximate surface area is 75.9 Å². The summed E-state index contributed by atoms with van der Waals surface area (Å²) >= 11 is 0. The quantitative estimate of drug-likeness (QED) is 0.633. The van der Waals surface area contributed by atoms with Crippen LogP contribution in [0.15, 0.2) is 0 Å². The maximum atomic E-state index is 3.57. The van der Waals surface area contributed by atoms with Crippen molar-refractivity contribution < 1.29 is 0 Å². The standard InChI is InChI=1S/C11H21N/c1-9-10(5-8-12-9)11(2)6-3-4-7-11/h9-10,12H,3-8H2,1-2H3. The van der Waals surface area contributed by atoms with E-state index in [0.717, 1.165) is 12.0 Å². The zero-order chi connectivity index (χ0) is 8.60. The molecule has 12 heavy (non-hydrogen) atoms. The van der Waals surface area contributed by atoms with Gasteiger partial charge in [-0.25, -0.2) is 0 Å². The molecule has 1 aliphatic heterocycles. The van der Waals surface area contributed by atoms with Gasteiger partial charge in [-0.2, -0.15) is 0 Å². The maximum absolute atomic E-state index is 3.57. The Hall–Kier alpha value is -0.0400. The van der Waals surface area contributed by atoms with Crippen molar-refractivity contribution in [3.05, 3.63) is 0 Å². The molecule has 2 atom stereocenters. The summed E-state index contributed by atoms with van der Waals surface area (Å²) < 4.78 is 0. The van der Waals surface area contributed by atoms with E-state index in [1.54, 1.807) is 0 Å². The molecule has 1 heterocycles. The molecule has 0 radical (unpaired) electrons. The Kier molecular flexibility index (Phi) is 2.16. The predicted octanol–water partition coefficient (Wildman–Crippen LogP) is 2.56. The summed E-state index contributed by atoms with van der Waals surface area (Å²) in [5, 5.41) is 3.57. The van der Waals surface area contributed by atoms with Gasteiger partial charge in [0.1, 0.15) is 0 Å². The molecule has 2 aliphatic rings. The maximum Gasteiger partial charge on any atom is 0.00726 e. The van der Waals surface area contributed by atoms with E-state index in [4.69, 9.17) is 0 Å². The van der Waals surface area contributed by atoms with E-state index in [0.29, 0.717) is 5.41 Å². The fraction of sp³-hybridized carbons (Fsp3) is 1.00. The summed E-state index contributed by atoms with van der Waals surface area (Å²) in [6.07, 6.45) is 7.31. The number of nitrogens with one attached hydrogen (secondary N) is 1. The molecule has 1 nitrogen and oxygen atoms in total. The predicted molar refractivity (Wildman–Crippen MR) is 52.1 cm³/mol. The monoisotopic (exact) mass is 167 g/mol. The lowest BCUT2D eigenvalue weighted by Gasteiger charge is -2.33. The summed E-state index contributed by atoms with van der Waals surface area (Å²) in [4.78, 5) is 0. The van der Waals surface area contributed by atoms with Crippen LogP contribution in [0.2, 0.25) is 0 Å². The topological polar surface area (TPSA) is 12.0 Å². The van der Waals surface area contributed by atoms with Crippen LogP contribution in [0, 0.1) is 11.3 Å². The smallest absolute Gasteiger partial charge is 0.00726 e. The van der Waals surface area contributed by atoms with E-state index in [1.165, 1.54) is 38.6 Å². The molecule has 2 fully saturated rings. The molecule has 0 aromatic heterocycles. The largest absolute Gasteiger partial charge is 0.314 e. The van der Waals surface area contributed by atoms with E-state index in [2.05, 4.69) is 19.2 Å². The second kappa shape index (κ2) is 3.02. The molecule has 0 bridgehead atoms. The third-order valence-corrected chi connectivity index (χ3v) is 4.17. The van der Waals surface area contributed by atoms with Gasteiger partial charge < -0.3 is 5.32 Å². The molecule has 1 heteroatoms. The lowest BCUT2D eigenvalue weighted by molar-refractivity contribution is 0.180. The molecule has 0 amide bonds. The van der Waals surface area contributed by atoms with E-state index in [1.807, 2.05) is 0 Å². The average Bonchev–Trinajstić information content (AvgIpc) is 2.59. The normalized spacial score (nSPS) is 40.5. The van der Waals surface area contributed by atoms with Crippen LogP contribution in [-0.4, -0.2) is 12.6 Å². The molecule has 1 saturated heterocycles. The second-order valence-corrected chi connectivity index (χ2v) is 5.00. The molecular formula is C11H21N. The van der Waals surface area contributed by atoms with Crippen molar-refractivity contribution in [1.29, 1.82) is 0 Å². The molecular weight excluding hydrogens is 146 g/mol. The minimum Gasteiger partial charge on any atom is -0.314 e. The van der Waals surface area contributed by atoms with Gasteiger partial charge in [0.15, 0.2) is 0 Å². The van der Waals surface area contributed by atoms with Crippen LogP contribution in [0.5, 0.6) is 0 Å². The highest BCUT2D eigenvalue weighted by atomic mass is 14.9. The van der Waals surface area contributed by atoms with Crippen LogP contribution in [0.4, 0.5) is 0 Å². The highest BCUT2D eigenvalue weighted by molar-refractivity contribution is 4.94. The molecule has 1 N–H and O–H groups in total. The van der Waals surface area contributed by atoms with Gasteiger partial charge in [0, 0.05) is 6.04 Å². The van der Waals surface area contributed by atoms with Gasteiger partial charge in [0.25, 0.3) is 0 Å². The zero-order valence-electron chi connectivity index (χ0n) is 8.40. The first-order chi connectivity index (χ1) is 5.72. The van der Waals surface area contributed by atoms with Gasteiger partial charge in [-0.05, 0) is 44.1 Å². The van der Waals surface area contributed by atoms with Crippen molar-refractivity contribution in [2.45, 2.75) is 52.0 Å². The van der Waals surface area contributed by atoms with E-state index in [-0.39, 0.29) is 0 Å². The lowest BCUT2D eigenvalue weighted by Crippen LogP contribution is -2.33. The van der Waals surface area contributed by atoms with E-state index < -0.39 is 0 Å². The SMILES string of the molecule is CC1NCCC1C1(C)CCCC1. The minimum atomic E-state index is 0.683. The fourth-order valence-electron chi connectivity index (χ4n) is 3.36. The minimum absolute atomic E-state index is 0.683. The Balaban J connectivity index is 2.06. The summed E-state index contributed by atoms with van der Waals surface area (Å²) in [7, 11) is 0. The first-order valence-electron chi connectivity index (χ1n) is 5.46. The van der Waals surface area contributed by atoms with Gasteiger partial charge in [-0.15, -0.1) is 0 Å².